The molecule has 9 nitrogen and oxygen atoms in total. The van der Waals surface area contributed by atoms with Gasteiger partial charge >= 0.3 is 5.97 Å². The zero-order valence-corrected chi connectivity index (χ0v) is 11.0. The number of hydrogen-bond donors (Lipinski definition) is 4. The van der Waals surface area contributed by atoms with Crippen molar-refractivity contribution in [2.24, 2.45) is 11.7 Å². The number of piperidine rings is 1. The van der Waals surface area contributed by atoms with Crippen molar-refractivity contribution in [3.05, 3.63) is 0 Å². The molecule has 0 aromatic heterocycles. The molecule has 0 spiro atoms. The summed E-state index contributed by atoms with van der Waals surface area (Å²) in [6, 6.07) is 0. The smallest absolute Gasteiger partial charge is 0.306 e. The Kier molecular flexibility index (Phi) is 5.23. The van der Waals surface area contributed by atoms with Gasteiger partial charge in [0.05, 0.1) is 5.92 Å². The maximum absolute atomic E-state index is 11.8. The van der Waals surface area contributed by atoms with Crippen LogP contribution in [0.2, 0.25) is 0 Å². The van der Waals surface area contributed by atoms with Crippen LogP contribution in [0.25, 0.3) is 0 Å². The number of aliphatic hydroxyl groups is 1. The number of carbonyl (C=O) groups is 2. The van der Waals surface area contributed by atoms with Crippen LogP contribution in [0.5, 0.6) is 0 Å². The molecule has 0 aromatic carbocycles. The number of rotatable bonds is 6. The lowest BCUT2D eigenvalue weighted by atomic mass is 9.99. The summed E-state index contributed by atoms with van der Waals surface area (Å²) in [6.45, 7) is -0.339. The highest BCUT2D eigenvalue weighted by Crippen LogP contribution is 2.18. The molecule has 1 aliphatic heterocycles. The minimum atomic E-state index is -3.84. The first-order valence-electron chi connectivity index (χ1n) is 5.69. The quantitative estimate of drug-likeness (QED) is 0.424. The van der Waals surface area contributed by atoms with Crippen LogP contribution in [0.3, 0.4) is 0 Å². The Balaban J connectivity index is 2.51. The van der Waals surface area contributed by atoms with Crippen LogP contribution in [-0.2, 0) is 19.8 Å². The zero-order chi connectivity index (χ0) is 14.6. The van der Waals surface area contributed by atoms with Crippen LogP contribution >= 0.6 is 0 Å². The molecule has 110 valence electrons. The minimum absolute atomic E-state index is 0.0823. The van der Waals surface area contributed by atoms with E-state index in [1.807, 2.05) is 0 Å². The van der Waals surface area contributed by atoms with E-state index in [2.05, 4.69) is 4.72 Å². The number of aliphatic hydroxyl groups excluding tert-OH is 1. The summed E-state index contributed by atoms with van der Waals surface area (Å²) < 4.78 is 26.7. The Morgan fingerprint density at radius 3 is 2.32 bits per heavy atom. The summed E-state index contributed by atoms with van der Waals surface area (Å²) in [7, 11) is -3.84. The van der Waals surface area contributed by atoms with Crippen molar-refractivity contribution in [2.45, 2.75) is 18.9 Å². The van der Waals surface area contributed by atoms with Crippen LogP contribution in [-0.4, -0.2) is 60.6 Å². The standard InChI is InChI=1S/C9H17N3O6S/c10-8(14)7(13)5-11-19(17,18)12-3-1-6(2-4-12)9(15)16/h6-7,11,13H,1-5H2,(H2,10,14)(H,15,16). The van der Waals surface area contributed by atoms with E-state index in [-0.39, 0.29) is 25.9 Å². The van der Waals surface area contributed by atoms with Gasteiger partial charge in [-0.15, -0.1) is 0 Å². The third-order valence-corrected chi connectivity index (χ3v) is 4.51. The van der Waals surface area contributed by atoms with Gasteiger partial charge in [0.25, 0.3) is 10.2 Å². The molecule has 1 unspecified atom stereocenters. The molecule has 0 radical (unpaired) electrons. The normalized spacial score (nSPS) is 20.1. The number of nitrogens with two attached hydrogens (primary N) is 1. The Hall–Kier alpha value is -1.23. The molecular weight excluding hydrogens is 278 g/mol. The second kappa shape index (κ2) is 6.28. The molecule has 1 atom stereocenters. The third-order valence-electron chi connectivity index (χ3n) is 2.93. The first kappa shape index (κ1) is 15.8. The fraction of sp³-hybridized carbons (Fsp3) is 0.778. The van der Waals surface area contributed by atoms with E-state index in [4.69, 9.17) is 15.9 Å². The molecule has 1 fully saturated rings. The summed E-state index contributed by atoms with van der Waals surface area (Å²) >= 11 is 0. The van der Waals surface area contributed by atoms with Gasteiger partial charge in [-0.2, -0.15) is 17.4 Å². The Labute approximate surface area is 110 Å². The molecule has 1 saturated heterocycles. The van der Waals surface area contributed by atoms with E-state index in [0.29, 0.717) is 0 Å². The van der Waals surface area contributed by atoms with Crippen molar-refractivity contribution in [1.82, 2.24) is 9.03 Å². The molecule has 0 saturated carbocycles. The van der Waals surface area contributed by atoms with Gasteiger partial charge < -0.3 is 15.9 Å². The topological polar surface area (TPSA) is 150 Å². The number of hydrogen-bond acceptors (Lipinski definition) is 5. The van der Waals surface area contributed by atoms with E-state index in [0.717, 1.165) is 4.31 Å². The first-order chi connectivity index (χ1) is 8.74. The molecule has 19 heavy (non-hydrogen) atoms. The van der Waals surface area contributed by atoms with Gasteiger partial charge in [-0.25, -0.2) is 0 Å². The van der Waals surface area contributed by atoms with Crippen molar-refractivity contribution in [3.8, 4) is 0 Å². The molecular formula is C9H17N3O6S. The van der Waals surface area contributed by atoms with E-state index in [1.54, 1.807) is 0 Å². The predicted octanol–water partition coefficient (Wildman–Crippen LogP) is -2.54. The Bertz CT molecular complexity index is 443. The molecule has 10 heteroatoms. The molecule has 0 bridgehead atoms. The third kappa shape index (κ3) is 4.42. The average molecular weight is 295 g/mol. The molecule has 1 amide bonds. The van der Waals surface area contributed by atoms with Crippen molar-refractivity contribution in [2.75, 3.05) is 19.6 Å². The van der Waals surface area contributed by atoms with Crippen molar-refractivity contribution < 1.29 is 28.2 Å². The van der Waals surface area contributed by atoms with Crippen molar-refractivity contribution in [3.63, 3.8) is 0 Å². The van der Waals surface area contributed by atoms with E-state index >= 15 is 0 Å². The first-order valence-corrected chi connectivity index (χ1v) is 7.13. The molecule has 1 aliphatic rings. The molecule has 0 aliphatic carbocycles. The average Bonchev–Trinajstić information content (AvgIpc) is 2.36. The maximum atomic E-state index is 11.8. The fourth-order valence-corrected chi connectivity index (χ4v) is 2.96. The maximum Gasteiger partial charge on any atom is 0.306 e. The zero-order valence-electron chi connectivity index (χ0n) is 10.2. The Morgan fingerprint density at radius 2 is 1.89 bits per heavy atom. The van der Waals surface area contributed by atoms with E-state index in [9.17, 15) is 18.0 Å². The van der Waals surface area contributed by atoms with Crippen molar-refractivity contribution >= 4 is 22.1 Å². The Morgan fingerprint density at radius 1 is 1.37 bits per heavy atom. The fourth-order valence-electron chi connectivity index (χ4n) is 1.72. The molecule has 0 aromatic rings. The van der Waals surface area contributed by atoms with Gasteiger partial charge in [-0.1, -0.05) is 0 Å². The lowest BCUT2D eigenvalue weighted by Gasteiger charge is -2.29. The van der Waals surface area contributed by atoms with Gasteiger partial charge in [0.1, 0.15) is 6.10 Å². The highest BCUT2D eigenvalue weighted by Gasteiger charge is 2.31. The number of carbonyl (C=O) groups excluding carboxylic acids is 1. The second-order valence-electron chi connectivity index (χ2n) is 4.28. The van der Waals surface area contributed by atoms with Gasteiger partial charge in [0, 0.05) is 19.6 Å². The van der Waals surface area contributed by atoms with Crippen LogP contribution < -0.4 is 10.5 Å². The molecule has 5 N–H and O–H groups in total. The monoisotopic (exact) mass is 295 g/mol. The van der Waals surface area contributed by atoms with E-state index < -0.39 is 40.7 Å². The van der Waals surface area contributed by atoms with Crippen LogP contribution in [0.4, 0.5) is 0 Å². The van der Waals surface area contributed by atoms with Gasteiger partial charge in [0.2, 0.25) is 5.91 Å². The second-order valence-corrected chi connectivity index (χ2v) is 6.04. The summed E-state index contributed by atoms with van der Waals surface area (Å²) in [4.78, 5) is 21.3. The SMILES string of the molecule is NC(=O)C(O)CNS(=O)(=O)N1CCC(C(=O)O)CC1. The highest BCUT2D eigenvalue weighted by atomic mass is 32.2. The number of carboxylic acids is 1. The summed E-state index contributed by atoms with van der Waals surface area (Å²) in [5, 5.41) is 17.9. The van der Waals surface area contributed by atoms with Crippen molar-refractivity contribution in [1.29, 1.82) is 0 Å². The summed E-state index contributed by atoms with van der Waals surface area (Å²) in [5.41, 5.74) is 4.79. The highest BCUT2D eigenvalue weighted by molar-refractivity contribution is 7.87. The molecule has 1 rings (SSSR count). The van der Waals surface area contributed by atoms with Gasteiger partial charge in [-0.3, -0.25) is 9.59 Å². The van der Waals surface area contributed by atoms with E-state index in [1.165, 1.54) is 0 Å². The minimum Gasteiger partial charge on any atom is -0.481 e. The van der Waals surface area contributed by atoms with Crippen LogP contribution in [0.1, 0.15) is 12.8 Å². The number of carboxylic acid groups (broad SMARTS) is 1. The summed E-state index contributed by atoms with van der Waals surface area (Å²) in [6.07, 6.45) is -1.13. The van der Waals surface area contributed by atoms with Gasteiger partial charge in [0.15, 0.2) is 0 Å². The lowest BCUT2D eigenvalue weighted by Crippen LogP contribution is -2.49. The number of aliphatic carboxylic acids is 1. The van der Waals surface area contributed by atoms with Gasteiger partial charge in [-0.05, 0) is 12.8 Å². The van der Waals surface area contributed by atoms with Crippen LogP contribution in [0, 0.1) is 5.92 Å². The lowest BCUT2D eigenvalue weighted by molar-refractivity contribution is -0.143. The predicted molar refractivity (Wildman–Crippen MR) is 64.1 cm³/mol. The number of amides is 1. The number of primary amides is 1. The summed E-state index contributed by atoms with van der Waals surface area (Å²) in [5.74, 6) is -2.50. The van der Waals surface area contributed by atoms with Crippen LogP contribution in [0.15, 0.2) is 0 Å². The largest absolute Gasteiger partial charge is 0.481 e. The number of nitrogens with one attached hydrogen (secondary N) is 1. The molecule has 1 heterocycles. The number of nitrogens with zero attached hydrogens (tertiary/aromatic N) is 1.